The molecule has 0 amide bonds. The van der Waals surface area contributed by atoms with Crippen LogP contribution in [-0.2, 0) is 0 Å². The van der Waals surface area contributed by atoms with E-state index in [1.165, 1.54) is 6.20 Å². The van der Waals surface area contributed by atoms with Crippen molar-refractivity contribution in [3.63, 3.8) is 0 Å². The van der Waals surface area contributed by atoms with Gasteiger partial charge in [0.1, 0.15) is 5.69 Å². The smallest absolute Gasteiger partial charge is 0.313 e. The van der Waals surface area contributed by atoms with Crippen LogP contribution >= 0.6 is 11.6 Å². The van der Waals surface area contributed by atoms with Crippen LogP contribution in [0.2, 0.25) is 5.02 Å². The molecular formula is C7H5ClN4O. The van der Waals surface area contributed by atoms with E-state index in [0.717, 1.165) is 0 Å². The summed E-state index contributed by atoms with van der Waals surface area (Å²) in [7, 11) is 0. The second-order valence-corrected chi connectivity index (χ2v) is 2.74. The minimum atomic E-state index is 0.0201. The van der Waals surface area contributed by atoms with Crippen LogP contribution in [-0.4, -0.2) is 15.2 Å². The van der Waals surface area contributed by atoms with Crippen molar-refractivity contribution >= 4 is 17.6 Å². The highest BCUT2D eigenvalue weighted by Gasteiger charge is 2.06. The molecule has 2 aromatic heterocycles. The molecule has 2 heterocycles. The van der Waals surface area contributed by atoms with Crippen LogP contribution in [0.1, 0.15) is 0 Å². The van der Waals surface area contributed by atoms with Crippen molar-refractivity contribution in [2.45, 2.75) is 0 Å². The van der Waals surface area contributed by atoms with Crippen molar-refractivity contribution in [2.75, 3.05) is 5.73 Å². The van der Waals surface area contributed by atoms with Crippen molar-refractivity contribution in [1.82, 2.24) is 15.2 Å². The zero-order valence-electron chi connectivity index (χ0n) is 6.44. The van der Waals surface area contributed by atoms with Crippen molar-refractivity contribution in [3.8, 4) is 11.6 Å². The predicted octanol–water partition coefficient (Wildman–Crippen LogP) is 1.37. The molecule has 0 spiro atoms. The number of pyridine rings is 1. The third-order valence-corrected chi connectivity index (χ3v) is 1.61. The van der Waals surface area contributed by atoms with Gasteiger partial charge in [0.2, 0.25) is 0 Å². The molecule has 0 saturated carbocycles. The van der Waals surface area contributed by atoms with Crippen molar-refractivity contribution in [2.24, 2.45) is 0 Å². The zero-order valence-corrected chi connectivity index (χ0v) is 7.19. The monoisotopic (exact) mass is 196 g/mol. The molecule has 0 atom stereocenters. The maximum atomic E-state index is 5.65. The lowest BCUT2D eigenvalue weighted by molar-refractivity contribution is 0.587. The number of rotatable bonds is 1. The minimum Gasteiger partial charge on any atom is -0.402 e. The topological polar surface area (TPSA) is 77.8 Å². The van der Waals surface area contributed by atoms with Gasteiger partial charge < -0.3 is 10.2 Å². The van der Waals surface area contributed by atoms with E-state index in [-0.39, 0.29) is 11.9 Å². The van der Waals surface area contributed by atoms with Crippen LogP contribution in [0.15, 0.2) is 22.7 Å². The van der Waals surface area contributed by atoms with Gasteiger partial charge in [-0.1, -0.05) is 16.7 Å². The van der Waals surface area contributed by atoms with Gasteiger partial charge in [-0.15, -0.1) is 5.10 Å². The second-order valence-electron chi connectivity index (χ2n) is 2.31. The molecule has 13 heavy (non-hydrogen) atoms. The zero-order chi connectivity index (χ0) is 9.26. The maximum Gasteiger partial charge on any atom is 0.313 e. The summed E-state index contributed by atoms with van der Waals surface area (Å²) in [6.07, 6.45) is 1.50. The summed E-state index contributed by atoms with van der Waals surface area (Å²) in [6, 6.07) is 3.38. The van der Waals surface area contributed by atoms with Gasteiger partial charge in [0, 0.05) is 6.20 Å². The quantitative estimate of drug-likeness (QED) is 0.745. The van der Waals surface area contributed by atoms with Gasteiger partial charge in [-0.3, -0.25) is 0 Å². The first-order chi connectivity index (χ1) is 6.25. The summed E-state index contributed by atoms with van der Waals surface area (Å²) >= 11 is 5.65. The van der Waals surface area contributed by atoms with E-state index >= 15 is 0 Å². The normalized spacial score (nSPS) is 10.2. The molecule has 0 aliphatic heterocycles. The summed E-state index contributed by atoms with van der Waals surface area (Å²) in [6.45, 7) is 0. The van der Waals surface area contributed by atoms with Gasteiger partial charge in [0.05, 0.1) is 5.02 Å². The van der Waals surface area contributed by atoms with Crippen molar-refractivity contribution < 1.29 is 4.42 Å². The fourth-order valence-corrected chi connectivity index (χ4v) is 0.952. The number of hydrogen-bond donors (Lipinski definition) is 1. The number of aromatic nitrogens is 3. The first-order valence-corrected chi connectivity index (χ1v) is 3.84. The molecule has 0 unspecified atom stereocenters. The third-order valence-electron chi connectivity index (χ3n) is 1.39. The van der Waals surface area contributed by atoms with Gasteiger partial charge in [-0.2, -0.15) is 0 Å². The Kier molecular flexibility index (Phi) is 1.86. The van der Waals surface area contributed by atoms with E-state index < -0.39 is 0 Å². The molecule has 0 bridgehead atoms. The number of anilines is 1. The Bertz CT molecular complexity index is 411. The first kappa shape index (κ1) is 8.00. The molecule has 0 aliphatic carbocycles. The molecular weight excluding hydrogens is 192 g/mol. The summed E-state index contributed by atoms with van der Waals surface area (Å²) in [5, 5.41) is 7.72. The fourth-order valence-electron chi connectivity index (χ4n) is 0.840. The molecule has 0 aliphatic rings. The molecule has 2 N–H and O–H groups in total. The fraction of sp³-hybridized carbons (Fsp3) is 0. The third kappa shape index (κ3) is 1.59. The van der Waals surface area contributed by atoms with Crippen LogP contribution in [0, 0.1) is 0 Å². The van der Waals surface area contributed by atoms with E-state index in [1.54, 1.807) is 12.1 Å². The first-order valence-electron chi connectivity index (χ1n) is 3.46. The Morgan fingerprint density at radius 2 is 2.15 bits per heavy atom. The molecule has 0 aromatic carbocycles. The molecule has 0 radical (unpaired) electrons. The number of halogens is 1. The van der Waals surface area contributed by atoms with Crippen LogP contribution in [0.3, 0.4) is 0 Å². The van der Waals surface area contributed by atoms with Gasteiger partial charge in [-0.25, -0.2) is 4.98 Å². The molecule has 0 fully saturated rings. The van der Waals surface area contributed by atoms with Crippen LogP contribution in [0.5, 0.6) is 0 Å². The average molecular weight is 197 g/mol. The standard InChI is InChI=1S/C7H5ClN4O/c8-4-1-2-5(10-3-4)6-11-12-7(9)13-6/h1-3H,(H2,9,12). The lowest BCUT2D eigenvalue weighted by Gasteiger charge is -1.92. The molecule has 66 valence electrons. The van der Waals surface area contributed by atoms with E-state index in [9.17, 15) is 0 Å². The lowest BCUT2D eigenvalue weighted by Crippen LogP contribution is -1.82. The Morgan fingerprint density at radius 1 is 1.31 bits per heavy atom. The molecule has 2 rings (SSSR count). The molecule has 6 heteroatoms. The van der Waals surface area contributed by atoms with Crippen molar-refractivity contribution in [1.29, 1.82) is 0 Å². The van der Waals surface area contributed by atoms with E-state index in [4.69, 9.17) is 21.8 Å². The highest BCUT2D eigenvalue weighted by molar-refractivity contribution is 6.30. The molecule has 0 saturated heterocycles. The number of hydrogen-bond acceptors (Lipinski definition) is 5. The second kappa shape index (κ2) is 3.02. The van der Waals surface area contributed by atoms with Crippen LogP contribution in [0.25, 0.3) is 11.6 Å². The van der Waals surface area contributed by atoms with Gasteiger partial charge >= 0.3 is 6.01 Å². The van der Waals surface area contributed by atoms with Crippen LogP contribution in [0.4, 0.5) is 6.01 Å². The van der Waals surface area contributed by atoms with E-state index in [0.29, 0.717) is 10.7 Å². The van der Waals surface area contributed by atoms with Gasteiger partial charge in [0.15, 0.2) is 0 Å². The largest absolute Gasteiger partial charge is 0.402 e. The SMILES string of the molecule is Nc1nnc(-c2ccc(Cl)cn2)o1. The van der Waals surface area contributed by atoms with E-state index in [2.05, 4.69) is 15.2 Å². The van der Waals surface area contributed by atoms with E-state index in [1.807, 2.05) is 0 Å². The number of nitrogen functional groups attached to an aromatic ring is 1. The minimum absolute atomic E-state index is 0.0201. The lowest BCUT2D eigenvalue weighted by atomic mass is 10.3. The van der Waals surface area contributed by atoms with Gasteiger partial charge in [0.25, 0.3) is 5.89 Å². The van der Waals surface area contributed by atoms with Crippen LogP contribution < -0.4 is 5.73 Å². The van der Waals surface area contributed by atoms with Crippen molar-refractivity contribution in [3.05, 3.63) is 23.4 Å². The summed E-state index contributed by atoms with van der Waals surface area (Å²) in [5.41, 5.74) is 5.80. The summed E-state index contributed by atoms with van der Waals surface area (Å²) in [5.74, 6) is 0.286. The Labute approximate surface area is 78.6 Å². The molecule has 5 nitrogen and oxygen atoms in total. The highest BCUT2D eigenvalue weighted by Crippen LogP contribution is 2.17. The van der Waals surface area contributed by atoms with Gasteiger partial charge in [-0.05, 0) is 12.1 Å². The highest BCUT2D eigenvalue weighted by atomic mass is 35.5. The number of nitrogens with two attached hydrogens (primary N) is 1. The maximum absolute atomic E-state index is 5.65. The molecule has 2 aromatic rings. The Morgan fingerprint density at radius 3 is 2.69 bits per heavy atom. The average Bonchev–Trinajstić information content (AvgIpc) is 2.53. The summed E-state index contributed by atoms with van der Waals surface area (Å²) in [4.78, 5) is 3.98. The predicted molar refractivity (Wildman–Crippen MR) is 47.0 cm³/mol. The number of nitrogens with zero attached hydrogens (tertiary/aromatic N) is 3. The Balaban J connectivity index is 2.41. The Hall–Kier alpha value is -1.62. The summed E-state index contributed by atoms with van der Waals surface area (Å²) < 4.78 is 4.96.